The second kappa shape index (κ2) is 7.30. The van der Waals surface area contributed by atoms with Gasteiger partial charge in [-0.15, -0.1) is 0 Å². The van der Waals surface area contributed by atoms with Crippen LogP contribution >= 0.6 is 0 Å². The minimum atomic E-state index is -0.735. The lowest BCUT2D eigenvalue weighted by Crippen LogP contribution is -2.52. The van der Waals surface area contributed by atoms with Crippen molar-refractivity contribution in [2.45, 2.75) is 25.8 Å². The van der Waals surface area contributed by atoms with E-state index in [-0.39, 0.29) is 24.3 Å². The average molecular weight is 354 g/mol. The van der Waals surface area contributed by atoms with Gasteiger partial charge in [0.1, 0.15) is 11.8 Å². The van der Waals surface area contributed by atoms with Crippen molar-refractivity contribution in [2.75, 3.05) is 7.11 Å². The van der Waals surface area contributed by atoms with E-state index in [0.717, 1.165) is 11.3 Å². The van der Waals surface area contributed by atoms with E-state index < -0.39 is 17.9 Å². The summed E-state index contributed by atoms with van der Waals surface area (Å²) in [6.45, 7) is 1.70. The molecule has 1 atom stereocenters. The molecule has 1 fully saturated rings. The highest BCUT2D eigenvalue weighted by molar-refractivity contribution is 6.04. The monoisotopic (exact) mass is 354 g/mol. The van der Waals surface area contributed by atoms with Crippen LogP contribution in [0.5, 0.6) is 5.75 Å². The van der Waals surface area contributed by atoms with Crippen LogP contribution in [0.4, 0.5) is 0 Å². The van der Waals surface area contributed by atoms with Crippen LogP contribution in [0.25, 0.3) is 11.4 Å². The third-order valence-electron chi connectivity index (χ3n) is 4.12. The van der Waals surface area contributed by atoms with Gasteiger partial charge in [0, 0.05) is 18.2 Å². The number of carbonyl (C=O) groups excluding carboxylic acids is 3. The molecule has 8 nitrogen and oxygen atoms in total. The van der Waals surface area contributed by atoms with Crippen LogP contribution in [-0.4, -0.2) is 40.8 Å². The fraction of sp³-hybridized carbons (Fsp3) is 0.278. The van der Waals surface area contributed by atoms with Gasteiger partial charge in [0.15, 0.2) is 5.82 Å². The van der Waals surface area contributed by atoms with Crippen molar-refractivity contribution in [3.8, 4) is 17.1 Å². The van der Waals surface area contributed by atoms with Gasteiger partial charge in [0.25, 0.3) is 5.91 Å². The van der Waals surface area contributed by atoms with E-state index in [9.17, 15) is 14.4 Å². The van der Waals surface area contributed by atoms with Gasteiger partial charge in [-0.1, -0.05) is 0 Å². The Balaban J connectivity index is 1.75. The Hall–Kier alpha value is -3.29. The first-order chi connectivity index (χ1) is 12.5. The number of imide groups is 1. The number of aromatic nitrogens is 2. The van der Waals surface area contributed by atoms with Crippen molar-refractivity contribution in [2.24, 2.45) is 0 Å². The van der Waals surface area contributed by atoms with Gasteiger partial charge in [-0.25, -0.2) is 9.97 Å². The number of nitrogens with one attached hydrogen (secondary N) is 2. The predicted molar refractivity (Wildman–Crippen MR) is 92.4 cm³/mol. The number of benzene rings is 1. The molecule has 2 heterocycles. The van der Waals surface area contributed by atoms with Crippen molar-refractivity contribution in [1.82, 2.24) is 20.6 Å². The smallest absolute Gasteiger partial charge is 0.255 e. The molecule has 2 N–H and O–H groups in total. The topological polar surface area (TPSA) is 110 Å². The lowest BCUT2D eigenvalue weighted by Gasteiger charge is -2.22. The van der Waals surface area contributed by atoms with Gasteiger partial charge >= 0.3 is 0 Å². The van der Waals surface area contributed by atoms with Crippen LogP contribution < -0.4 is 15.4 Å². The molecule has 3 amide bonds. The fourth-order valence-electron chi connectivity index (χ4n) is 2.64. The molecule has 0 radical (unpaired) electrons. The van der Waals surface area contributed by atoms with Crippen molar-refractivity contribution < 1.29 is 19.1 Å². The number of hydrogen-bond donors (Lipinski definition) is 2. The molecule has 1 saturated heterocycles. The van der Waals surface area contributed by atoms with Crippen LogP contribution in [0.1, 0.15) is 28.9 Å². The molecule has 1 aliphatic rings. The molecule has 0 spiro atoms. The molecule has 134 valence electrons. The Labute approximate surface area is 150 Å². The molecule has 0 aliphatic carbocycles. The lowest BCUT2D eigenvalue weighted by atomic mass is 10.1. The molecule has 1 aromatic carbocycles. The first-order valence-corrected chi connectivity index (χ1v) is 8.10. The summed E-state index contributed by atoms with van der Waals surface area (Å²) >= 11 is 0. The maximum atomic E-state index is 12.4. The minimum Gasteiger partial charge on any atom is -0.497 e. The first kappa shape index (κ1) is 17.5. The number of hydrogen-bond acceptors (Lipinski definition) is 6. The summed E-state index contributed by atoms with van der Waals surface area (Å²) in [4.78, 5) is 44.0. The Morgan fingerprint density at radius 1 is 1.27 bits per heavy atom. The second-order valence-corrected chi connectivity index (χ2v) is 5.90. The Morgan fingerprint density at radius 2 is 2.00 bits per heavy atom. The summed E-state index contributed by atoms with van der Waals surface area (Å²) in [7, 11) is 1.59. The third-order valence-corrected chi connectivity index (χ3v) is 4.12. The number of nitrogens with zero attached hydrogens (tertiary/aromatic N) is 2. The zero-order chi connectivity index (χ0) is 18.7. The second-order valence-electron chi connectivity index (χ2n) is 5.90. The minimum absolute atomic E-state index is 0.197. The van der Waals surface area contributed by atoms with Gasteiger partial charge in [-0.3, -0.25) is 19.7 Å². The number of amides is 3. The summed E-state index contributed by atoms with van der Waals surface area (Å²) in [6.07, 6.45) is 1.91. The lowest BCUT2D eigenvalue weighted by molar-refractivity contribution is -0.134. The van der Waals surface area contributed by atoms with E-state index in [0.29, 0.717) is 11.5 Å². The maximum absolute atomic E-state index is 12.4. The van der Waals surface area contributed by atoms with Crippen LogP contribution in [0, 0.1) is 6.92 Å². The molecule has 2 aromatic rings. The normalized spacial score (nSPS) is 16.8. The highest BCUT2D eigenvalue weighted by Gasteiger charge is 2.28. The van der Waals surface area contributed by atoms with E-state index in [1.165, 1.54) is 6.20 Å². The Kier molecular flexibility index (Phi) is 4.92. The van der Waals surface area contributed by atoms with Crippen molar-refractivity contribution in [3.05, 3.63) is 41.7 Å². The summed E-state index contributed by atoms with van der Waals surface area (Å²) in [5, 5.41) is 4.83. The molecule has 1 unspecified atom stereocenters. The number of piperidine rings is 1. The Bertz CT molecular complexity index is 864. The van der Waals surface area contributed by atoms with Crippen molar-refractivity contribution in [1.29, 1.82) is 0 Å². The SMILES string of the molecule is COc1ccc(-c2ncc(C(=O)NC3CCC(=O)NC3=O)c(C)n2)cc1. The van der Waals surface area contributed by atoms with Gasteiger partial charge < -0.3 is 10.1 Å². The van der Waals surface area contributed by atoms with Gasteiger partial charge in [-0.2, -0.15) is 0 Å². The summed E-state index contributed by atoms with van der Waals surface area (Å²) < 4.78 is 5.12. The molecular weight excluding hydrogens is 336 g/mol. The number of aryl methyl sites for hydroxylation is 1. The molecular formula is C18H18N4O4. The van der Waals surface area contributed by atoms with E-state index in [4.69, 9.17) is 4.74 Å². The van der Waals surface area contributed by atoms with Crippen LogP contribution in [-0.2, 0) is 9.59 Å². The number of methoxy groups -OCH3 is 1. The molecule has 0 bridgehead atoms. The summed E-state index contributed by atoms with van der Waals surface area (Å²) in [6, 6.07) is 6.53. The van der Waals surface area contributed by atoms with Crippen molar-refractivity contribution in [3.63, 3.8) is 0 Å². The van der Waals surface area contributed by atoms with Crippen molar-refractivity contribution >= 4 is 17.7 Å². The van der Waals surface area contributed by atoms with Gasteiger partial charge in [0.2, 0.25) is 11.8 Å². The highest BCUT2D eigenvalue weighted by atomic mass is 16.5. The molecule has 1 aromatic heterocycles. The quantitative estimate of drug-likeness (QED) is 0.793. The van der Waals surface area contributed by atoms with E-state index in [2.05, 4.69) is 20.6 Å². The number of carbonyl (C=O) groups is 3. The number of ether oxygens (including phenoxy) is 1. The first-order valence-electron chi connectivity index (χ1n) is 8.10. The van der Waals surface area contributed by atoms with E-state index in [1.807, 2.05) is 12.1 Å². The van der Waals surface area contributed by atoms with Crippen LogP contribution in [0.15, 0.2) is 30.5 Å². The summed E-state index contributed by atoms with van der Waals surface area (Å²) in [5.74, 6) is -0.0569. The zero-order valence-corrected chi connectivity index (χ0v) is 14.4. The van der Waals surface area contributed by atoms with Gasteiger partial charge in [0.05, 0.1) is 18.4 Å². The largest absolute Gasteiger partial charge is 0.497 e. The maximum Gasteiger partial charge on any atom is 0.255 e. The van der Waals surface area contributed by atoms with E-state index in [1.54, 1.807) is 26.2 Å². The van der Waals surface area contributed by atoms with E-state index >= 15 is 0 Å². The Morgan fingerprint density at radius 3 is 2.62 bits per heavy atom. The molecule has 3 rings (SSSR count). The van der Waals surface area contributed by atoms with Crippen LogP contribution in [0.3, 0.4) is 0 Å². The third kappa shape index (κ3) is 3.69. The summed E-state index contributed by atoms with van der Waals surface area (Å²) in [5.41, 5.74) is 1.58. The standard InChI is InChI=1S/C18H18N4O4/c1-10-13(17(24)21-14-7-8-15(23)22-18(14)25)9-19-16(20-10)11-3-5-12(26-2)6-4-11/h3-6,9,14H,7-8H2,1-2H3,(H,21,24)(H,22,23,25). The predicted octanol–water partition coefficient (Wildman–Crippen LogP) is 0.996. The number of rotatable bonds is 4. The molecule has 26 heavy (non-hydrogen) atoms. The van der Waals surface area contributed by atoms with Gasteiger partial charge in [-0.05, 0) is 37.6 Å². The average Bonchev–Trinajstić information content (AvgIpc) is 2.64. The highest BCUT2D eigenvalue weighted by Crippen LogP contribution is 2.20. The molecule has 0 saturated carbocycles. The van der Waals surface area contributed by atoms with Crippen LogP contribution in [0.2, 0.25) is 0 Å². The molecule has 1 aliphatic heterocycles. The zero-order valence-electron chi connectivity index (χ0n) is 14.4. The molecule has 8 heteroatoms. The fourth-order valence-corrected chi connectivity index (χ4v) is 2.64.